The van der Waals surface area contributed by atoms with Gasteiger partial charge in [0.1, 0.15) is 11.8 Å². The Labute approximate surface area is 203 Å². The lowest BCUT2D eigenvalue weighted by atomic mass is 10.0. The lowest BCUT2D eigenvalue weighted by Crippen LogP contribution is -2.17. The predicted molar refractivity (Wildman–Crippen MR) is 135 cm³/mol. The largest absolute Gasteiger partial charge is 0.473 e. The number of benzene rings is 2. The molecule has 0 bridgehead atoms. The zero-order valence-corrected chi connectivity index (χ0v) is 20.2. The van der Waals surface area contributed by atoms with E-state index in [0.29, 0.717) is 41.2 Å². The van der Waals surface area contributed by atoms with Gasteiger partial charge in [-0.25, -0.2) is 13.6 Å². The number of aromatic nitrogens is 2. The first kappa shape index (κ1) is 23.5. The number of nitrogens with one attached hydrogen (secondary N) is 1. The molecule has 2 atom stereocenters. The zero-order valence-electron chi connectivity index (χ0n) is 19.4. The molecule has 9 heteroatoms. The monoisotopic (exact) mass is 495 g/mol. The molecule has 1 aliphatic heterocycles. The minimum absolute atomic E-state index is 0.0385. The second-order valence-corrected chi connectivity index (χ2v) is 11.4. The van der Waals surface area contributed by atoms with Crippen molar-refractivity contribution >= 4 is 26.4 Å². The molecular weight excluding hydrogens is 469 g/mol. The third-order valence-corrected chi connectivity index (χ3v) is 6.41. The maximum Gasteiger partial charge on any atom is 0.193 e. The van der Waals surface area contributed by atoms with Crippen molar-refractivity contribution in [3.63, 3.8) is 0 Å². The topological polar surface area (TPSA) is 96.8 Å². The van der Waals surface area contributed by atoms with Gasteiger partial charge in [-0.1, -0.05) is 36.4 Å². The molecule has 2 aromatic heterocycles. The molecule has 4 aromatic rings. The van der Waals surface area contributed by atoms with Crippen molar-refractivity contribution in [2.45, 2.75) is 18.6 Å². The molecule has 1 aliphatic rings. The fraction of sp³-hybridized carbons (Fsp3) is 0.269. The van der Waals surface area contributed by atoms with Crippen LogP contribution in [0.3, 0.4) is 0 Å². The van der Waals surface area contributed by atoms with Crippen LogP contribution in [0.2, 0.25) is 0 Å². The summed E-state index contributed by atoms with van der Waals surface area (Å²) in [6.45, 7) is 0.359. The Hall–Kier alpha value is -3.27. The lowest BCUT2D eigenvalue weighted by Gasteiger charge is -2.09. The lowest BCUT2D eigenvalue weighted by molar-refractivity contribution is 0.0531. The Balaban J connectivity index is 1.36. The van der Waals surface area contributed by atoms with Gasteiger partial charge in [0.25, 0.3) is 0 Å². The SMILES string of the molecule is CS(C)(=O)=Nc1ccc(-c2ccc(-c3nc4cc(O[C@@H]5COC(CO)C5)[nH]c4cc3F)cc2)cc1. The first-order valence-electron chi connectivity index (χ1n) is 11.2. The van der Waals surface area contributed by atoms with Crippen molar-refractivity contribution < 1.29 is 23.2 Å². The molecule has 7 nitrogen and oxygen atoms in total. The highest BCUT2D eigenvalue weighted by atomic mass is 32.2. The van der Waals surface area contributed by atoms with Gasteiger partial charge >= 0.3 is 0 Å². The number of ether oxygens (including phenoxy) is 2. The highest BCUT2D eigenvalue weighted by molar-refractivity contribution is 7.92. The van der Waals surface area contributed by atoms with E-state index >= 15 is 0 Å². The molecule has 2 N–H and O–H groups in total. The summed E-state index contributed by atoms with van der Waals surface area (Å²) in [5, 5.41) is 9.21. The predicted octanol–water partition coefficient (Wildman–Crippen LogP) is 4.92. The molecule has 0 aliphatic carbocycles. The summed E-state index contributed by atoms with van der Waals surface area (Å²) < 4.78 is 42.3. The maximum atomic E-state index is 14.9. The highest BCUT2D eigenvalue weighted by Crippen LogP contribution is 2.30. The third-order valence-electron chi connectivity index (χ3n) is 5.76. The third kappa shape index (κ3) is 5.37. The summed E-state index contributed by atoms with van der Waals surface area (Å²) in [5.74, 6) is 0.0561. The summed E-state index contributed by atoms with van der Waals surface area (Å²) in [6.07, 6.45) is 3.41. The normalized spacial score (nSPS) is 18.2. The van der Waals surface area contributed by atoms with Crippen LogP contribution in [0.1, 0.15) is 6.42 Å². The number of aliphatic hydroxyl groups excluding tert-OH is 1. The average molecular weight is 496 g/mol. The second-order valence-electron chi connectivity index (χ2n) is 8.90. The number of halogens is 1. The molecule has 0 radical (unpaired) electrons. The minimum atomic E-state index is -2.21. The van der Waals surface area contributed by atoms with E-state index < -0.39 is 15.5 Å². The minimum Gasteiger partial charge on any atom is -0.473 e. The van der Waals surface area contributed by atoms with Crippen molar-refractivity contribution in [1.82, 2.24) is 9.97 Å². The molecule has 5 rings (SSSR count). The van der Waals surface area contributed by atoms with E-state index in [9.17, 15) is 13.7 Å². The zero-order chi connectivity index (χ0) is 24.6. The van der Waals surface area contributed by atoms with Crippen LogP contribution in [0.15, 0.2) is 65.0 Å². The van der Waals surface area contributed by atoms with Gasteiger partial charge in [0.15, 0.2) is 11.7 Å². The van der Waals surface area contributed by atoms with E-state index in [2.05, 4.69) is 14.3 Å². The van der Waals surface area contributed by atoms with E-state index in [1.807, 2.05) is 48.5 Å². The molecule has 3 heterocycles. The fourth-order valence-electron chi connectivity index (χ4n) is 4.12. The summed E-state index contributed by atoms with van der Waals surface area (Å²) in [6, 6.07) is 18.2. The average Bonchev–Trinajstić information content (AvgIpc) is 3.44. The van der Waals surface area contributed by atoms with Gasteiger partial charge in [0.05, 0.1) is 36.0 Å². The van der Waals surface area contributed by atoms with Gasteiger partial charge in [-0.3, -0.25) is 0 Å². The quantitative estimate of drug-likeness (QED) is 0.396. The van der Waals surface area contributed by atoms with Gasteiger partial charge in [0, 0.05) is 46.4 Å². The van der Waals surface area contributed by atoms with E-state index in [0.717, 1.165) is 11.1 Å². The van der Waals surface area contributed by atoms with Gasteiger partial charge in [-0.15, -0.1) is 0 Å². The van der Waals surface area contributed by atoms with Crippen LogP contribution < -0.4 is 4.74 Å². The van der Waals surface area contributed by atoms with E-state index in [-0.39, 0.29) is 24.5 Å². The fourth-order valence-corrected chi connectivity index (χ4v) is 4.75. The summed E-state index contributed by atoms with van der Waals surface area (Å²) in [5.41, 5.74) is 4.68. The van der Waals surface area contributed by atoms with Crippen LogP contribution in [-0.4, -0.2) is 57.2 Å². The van der Waals surface area contributed by atoms with Crippen molar-refractivity contribution in [1.29, 1.82) is 0 Å². The molecule has 35 heavy (non-hydrogen) atoms. The van der Waals surface area contributed by atoms with Crippen LogP contribution in [0, 0.1) is 5.82 Å². The Kier molecular flexibility index (Phi) is 6.31. The smallest absolute Gasteiger partial charge is 0.193 e. The molecule has 1 fully saturated rings. The molecular formula is C26H26FN3O4S. The van der Waals surface area contributed by atoms with E-state index in [1.54, 1.807) is 18.6 Å². The van der Waals surface area contributed by atoms with Crippen LogP contribution in [0.25, 0.3) is 33.4 Å². The van der Waals surface area contributed by atoms with Crippen LogP contribution >= 0.6 is 0 Å². The van der Waals surface area contributed by atoms with Gasteiger partial charge in [-0.05, 0) is 23.3 Å². The number of hydrogen-bond acceptors (Lipinski definition) is 6. The molecule has 2 aromatic carbocycles. The molecule has 182 valence electrons. The number of pyridine rings is 1. The molecule has 1 saturated heterocycles. The van der Waals surface area contributed by atoms with Gasteiger partial charge in [0.2, 0.25) is 0 Å². The summed E-state index contributed by atoms with van der Waals surface area (Å²) in [4.78, 5) is 7.58. The molecule has 0 amide bonds. The summed E-state index contributed by atoms with van der Waals surface area (Å²) >= 11 is 0. The van der Waals surface area contributed by atoms with Gasteiger partial charge < -0.3 is 19.6 Å². The Bertz CT molecular complexity index is 1470. The number of fused-ring (bicyclic) bond motifs is 1. The van der Waals surface area contributed by atoms with Crippen molar-refractivity contribution in [2.24, 2.45) is 4.36 Å². The number of hydrogen-bond donors (Lipinski definition) is 2. The molecule has 1 unspecified atom stereocenters. The molecule has 0 spiro atoms. The van der Waals surface area contributed by atoms with Gasteiger partial charge in [-0.2, -0.15) is 4.36 Å². The second kappa shape index (κ2) is 9.41. The number of H-pyrrole nitrogens is 1. The standard InChI is InChI=1S/C26H26FN3O4S/c1-35(2,32)30-19-9-7-17(8-10-19)16-3-5-18(6-4-16)26-22(27)12-23-24(29-26)13-25(28-23)34-21-11-20(14-31)33-15-21/h3-10,12-13,20-21,28,31H,11,14-15H2,1-2H3/t20?,21-/m0/s1. The van der Waals surface area contributed by atoms with Crippen molar-refractivity contribution in [3.8, 4) is 28.3 Å². The van der Waals surface area contributed by atoms with Crippen molar-refractivity contribution in [3.05, 3.63) is 66.5 Å². The Morgan fingerprint density at radius 2 is 1.77 bits per heavy atom. The van der Waals surface area contributed by atoms with E-state index in [4.69, 9.17) is 9.47 Å². The van der Waals surface area contributed by atoms with E-state index in [1.165, 1.54) is 6.07 Å². The molecule has 0 saturated carbocycles. The maximum absolute atomic E-state index is 14.9. The van der Waals surface area contributed by atoms with Crippen LogP contribution in [0.5, 0.6) is 5.88 Å². The number of rotatable bonds is 6. The van der Waals surface area contributed by atoms with Crippen molar-refractivity contribution in [2.75, 3.05) is 25.7 Å². The first-order valence-corrected chi connectivity index (χ1v) is 13.6. The number of aliphatic hydroxyl groups is 1. The Morgan fingerprint density at radius 3 is 2.40 bits per heavy atom. The number of aromatic amines is 1. The number of nitrogens with zero attached hydrogens (tertiary/aromatic N) is 2. The van der Waals surface area contributed by atoms with Crippen LogP contribution in [0.4, 0.5) is 10.1 Å². The highest BCUT2D eigenvalue weighted by Gasteiger charge is 2.27. The summed E-state index contributed by atoms with van der Waals surface area (Å²) in [7, 11) is -2.21. The first-order chi connectivity index (χ1) is 16.8. The Morgan fingerprint density at radius 1 is 1.11 bits per heavy atom. The van der Waals surface area contributed by atoms with Crippen LogP contribution in [-0.2, 0) is 14.5 Å².